The summed E-state index contributed by atoms with van der Waals surface area (Å²) in [7, 11) is 0. The number of alkyl halides is 1. The van der Waals surface area contributed by atoms with Crippen molar-refractivity contribution in [3.63, 3.8) is 0 Å². The van der Waals surface area contributed by atoms with E-state index in [1.807, 2.05) is 24.3 Å². The van der Waals surface area contributed by atoms with Crippen LogP contribution in [-0.2, 0) is 17.2 Å². The molecule has 0 radical (unpaired) electrons. The van der Waals surface area contributed by atoms with Crippen LogP contribution < -0.4 is 5.32 Å². The fraction of sp³-hybridized carbons (Fsp3) is 0.500. The van der Waals surface area contributed by atoms with Gasteiger partial charge in [0.25, 0.3) is 0 Å². The van der Waals surface area contributed by atoms with Gasteiger partial charge in [-0.2, -0.15) is 0 Å². The van der Waals surface area contributed by atoms with Gasteiger partial charge >= 0.3 is 0 Å². The highest BCUT2D eigenvalue weighted by molar-refractivity contribution is 6.17. The van der Waals surface area contributed by atoms with Gasteiger partial charge in [-0.1, -0.05) is 30.7 Å². The first-order valence-corrected chi connectivity index (χ1v) is 6.72. The lowest BCUT2D eigenvalue weighted by molar-refractivity contribution is -0.122. The van der Waals surface area contributed by atoms with Gasteiger partial charge in [-0.15, -0.1) is 11.6 Å². The fourth-order valence-corrected chi connectivity index (χ4v) is 2.22. The van der Waals surface area contributed by atoms with Crippen molar-refractivity contribution in [2.75, 3.05) is 0 Å². The molecule has 1 aromatic rings. The highest BCUT2D eigenvalue weighted by atomic mass is 35.5. The Labute approximate surface area is 107 Å². The largest absolute Gasteiger partial charge is 0.352 e. The number of amides is 1. The van der Waals surface area contributed by atoms with Crippen molar-refractivity contribution in [3.05, 3.63) is 35.4 Å². The van der Waals surface area contributed by atoms with Crippen molar-refractivity contribution in [3.8, 4) is 0 Å². The van der Waals surface area contributed by atoms with Crippen LogP contribution >= 0.6 is 11.6 Å². The van der Waals surface area contributed by atoms with Gasteiger partial charge in [0, 0.05) is 18.8 Å². The Bertz CT molecular complexity index is 388. The molecular weight excluding hydrogens is 234 g/mol. The van der Waals surface area contributed by atoms with Gasteiger partial charge in [-0.3, -0.25) is 4.79 Å². The number of nitrogens with one attached hydrogen (secondary N) is 1. The normalized spacial score (nSPS) is 15.4. The Morgan fingerprint density at radius 2 is 2.12 bits per heavy atom. The fourth-order valence-electron chi connectivity index (χ4n) is 2.05. The van der Waals surface area contributed by atoms with Crippen molar-refractivity contribution >= 4 is 17.5 Å². The first-order chi connectivity index (χ1) is 8.28. The lowest BCUT2D eigenvalue weighted by atomic mass is 9.83. The van der Waals surface area contributed by atoms with Crippen LogP contribution in [0, 0.1) is 5.92 Å². The quantitative estimate of drug-likeness (QED) is 0.800. The maximum Gasteiger partial charge on any atom is 0.220 e. The molecular formula is C14H18ClNO. The zero-order valence-corrected chi connectivity index (χ0v) is 10.7. The monoisotopic (exact) mass is 251 g/mol. The van der Waals surface area contributed by atoms with Crippen molar-refractivity contribution in [2.45, 2.75) is 38.1 Å². The van der Waals surface area contributed by atoms with Crippen LogP contribution in [0.3, 0.4) is 0 Å². The van der Waals surface area contributed by atoms with E-state index >= 15 is 0 Å². The summed E-state index contributed by atoms with van der Waals surface area (Å²) >= 11 is 5.77. The smallest absolute Gasteiger partial charge is 0.220 e. The first-order valence-electron chi connectivity index (χ1n) is 6.18. The van der Waals surface area contributed by atoms with E-state index in [0.717, 1.165) is 11.1 Å². The highest BCUT2D eigenvalue weighted by Crippen LogP contribution is 2.29. The summed E-state index contributed by atoms with van der Waals surface area (Å²) in [5.41, 5.74) is 2.21. The molecule has 17 heavy (non-hydrogen) atoms. The first kappa shape index (κ1) is 12.4. The van der Waals surface area contributed by atoms with E-state index in [4.69, 9.17) is 11.6 Å². The van der Waals surface area contributed by atoms with Crippen LogP contribution in [0.2, 0.25) is 0 Å². The third kappa shape index (κ3) is 3.74. The van der Waals surface area contributed by atoms with Gasteiger partial charge in [-0.25, -0.2) is 0 Å². The minimum absolute atomic E-state index is 0.172. The molecule has 1 aliphatic rings. The van der Waals surface area contributed by atoms with E-state index in [2.05, 4.69) is 5.32 Å². The molecule has 0 spiro atoms. The molecule has 3 heteroatoms. The summed E-state index contributed by atoms with van der Waals surface area (Å²) in [5.74, 6) is 1.32. The molecule has 1 N–H and O–H groups in total. The molecule has 1 aromatic carbocycles. The minimum Gasteiger partial charge on any atom is -0.352 e. The number of hydrogen-bond donors (Lipinski definition) is 1. The molecule has 0 aromatic heterocycles. The second-order valence-corrected chi connectivity index (χ2v) is 5.00. The molecule has 0 atom stereocenters. The van der Waals surface area contributed by atoms with Crippen LogP contribution in [0.4, 0.5) is 0 Å². The SMILES string of the molecule is O=C(CC1CCC1)NCc1cccc(CCl)c1. The molecule has 0 heterocycles. The average Bonchev–Trinajstić information content (AvgIpc) is 2.31. The number of carbonyl (C=O) groups excluding carboxylic acids is 1. The molecule has 1 fully saturated rings. The lowest BCUT2D eigenvalue weighted by Gasteiger charge is -2.24. The molecule has 1 amide bonds. The predicted octanol–water partition coefficient (Wildman–Crippen LogP) is 3.23. The Morgan fingerprint density at radius 3 is 2.76 bits per heavy atom. The van der Waals surface area contributed by atoms with Crippen LogP contribution in [0.15, 0.2) is 24.3 Å². The van der Waals surface area contributed by atoms with Gasteiger partial charge < -0.3 is 5.32 Å². The highest BCUT2D eigenvalue weighted by Gasteiger charge is 2.20. The number of halogens is 1. The third-order valence-corrected chi connectivity index (χ3v) is 3.64. The van der Waals surface area contributed by atoms with Gasteiger partial charge in [0.05, 0.1) is 0 Å². The Morgan fingerprint density at radius 1 is 1.35 bits per heavy atom. The molecule has 0 unspecified atom stereocenters. The molecule has 0 aliphatic heterocycles. The lowest BCUT2D eigenvalue weighted by Crippen LogP contribution is -2.27. The molecule has 1 aliphatic carbocycles. The van der Waals surface area contributed by atoms with Crippen LogP contribution in [0.1, 0.15) is 36.8 Å². The Kier molecular flexibility index (Phi) is 4.43. The molecule has 92 valence electrons. The zero-order valence-electron chi connectivity index (χ0n) is 9.92. The molecule has 0 bridgehead atoms. The average molecular weight is 252 g/mol. The summed E-state index contributed by atoms with van der Waals surface area (Å²) in [4.78, 5) is 11.6. The summed E-state index contributed by atoms with van der Waals surface area (Å²) in [6, 6.07) is 8.02. The van der Waals surface area contributed by atoms with E-state index in [1.165, 1.54) is 19.3 Å². The molecule has 1 saturated carbocycles. The number of benzene rings is 1. The van der Waals surface area contributed by atoms with Gasteiger partial charge in [0.2, 0.25) is 5.91 Å². The number of rotatable bonds is 5. The van der Waals surface area contributed by atoms with E-state index < -0.39 is 0 Å². The summed E-state index contributed by atoms with van der Waals surface area (Å²) in [5, 5.41) is 2.97. The van der Waals surface area contributed by atoms with Gasteiger partial charge in [-0.05, 0) is 29.9 Å². The van der Waals surface area contributed by atoms with Crippen molar-refractivity contribution in [1.82, 2.24) is 5.32 Å². The minimum atomic E-state index is 0.172. The number of hydrogen-bond acceptors (Lipinski definition) is 1. The molecule has 2 nitrogen and oxygen atoms in total. The van der Waals surface area contributed by atoms with Crippen LogP contribution in [-0.4, -0.2) is 5.91 Å². The Balaban J connectivity index is 1.77. The second kappa shape index (κ2) is 6.06. The van der Waals surface area contributed by atoms with E-state index in [9.17, 15) is 4.79 Å². The maximum absolute atomic E-state index is 11.6. The van der Waals surface area contributed by atoms with Crippen LogP contribution in [0.25, 0.3) is 0 Å². The molecule has 0 saturated heterocycles. The summed E-state index contributed by atoms with van der Waals surface area (Å²) in [6.07, 6.45) is 4.41. The number of carbonyl (C=O) groups is 1. The second-order valence-electron chi connectivity index (χ2n) is 4.73. The van der Waals surface area contributed by atoms with Crippen molar-refractivity contribution < 1.29 is 4.79 Å². The van der Waals surface area contributed by atoms with E-state index in [-0.39, 0.29) is 5.91 Å². The van der Waals surface area contributed by atoms with Crippen LogP contribution in [0.5, 0.6) is 0 Å². The summed E-state index contributed by atoms with van der Waals surface area (Å²) in [6.45, 7) is 0.607. The van der Waals surface area contributed by atoms with Crippen molar-refractivity contribution in [2.24, 2.45) is 5.92 Å². The summed E-state index contributed by atoms with van der Waals surface area (Å²) < 4.78 is 0. The molecule has 2 rings (SSSR count). The standard InChI is InChI=1S/C14H18ClNO/c15-9-12-5-2-6-13(7-12)10-16-14(17)8-11-3-1-4-11/h2,5-7,11H,1,3-4,8-10H2,(H,16,17). The Hall–Kier alpha value is -1.02. The third-order valence-electron chi connectivity index (χ3n) is 3.33. The zero-order chi connectivity index (χ0) is 12.1. The van der Waals surface area contributed by atoms with E-state index in [0.29, 0.717) is 24.8 Å². The predicted molar refractivity (Wildman–Crippen MR) is 69.8 cm³/mol. The van der Waals surface area contributed by atoms with E-state index in [1.54, 1.807) is 0 Å². The van der Waals surface area contributed by atoms with Gasteiger partial charge in [0.15, 0.2) is 0 Å². The van der Waals surface area contributed by atoms with Crippen molar-refractivity contribution in [1.29, 1.82) is 0 Å². The van der Waals surface area contributed by atoms with Gasteiger partial charge in [0.1, 0.15) is 0 Å². The topological polar surface area (TPSA) is 29.1 Å². The maximum atomic E-state index is 11.6.